The van der Waals surface area contributed by atoms with Crippen molar-refractivity contribution in [1.29, 1.82) is 0 Å². The third kappa shape index (κ3) is 19.5. The second-order valence-corrected chi connectivity index (χ2v) is 4.53. The summed E-state index contributed by atoms with van der Waals surface area (Å²) in [5.41, 5.74) is 5.27. The Balaban J connectivity index is 0. The normalized spacial score (nSPS) is 11.8. The van der Waals surface area contributed by atoms with Crippen molar-refractivity contribution in [2.75, 3.05) is 13.6 Å². The summed E-state index contributed by atoms with van der Waals surface area (Å²) in [5, 5.41) is 3.22. The van der Waals surface area contributed by atoms with Crippen LogP contribution in [-0.4, -0.2) is 19.6 Å². The van der Waals surface area contributed by atoms with Crippen molar-refractivity contribution >= 4 is 0 Å². The molecule has 2 nitrogen and oxygen atoms in total. The van der Waals surface area contributed by atoms with E-state index >= 15 is 0 Å². The minimum Gasteiger partial charge on any atom is -0.330 e. The summed E-state index contributed by atoms with van der Waals surface area (Å²) in [4.78, 5) is 0. The lowest BCUT2D eigenvalue weighted by atomic mass is 10.1. The van der Waals surface area contributed by atoms with Gasteiger partial charge in [-0.05, 0) is 33.4 Å². The molecule has 100 valence electrons. The Labute approximate surface area is 103 Å². The van der Waals surface area contributed by atoms with Crippen molar-refractivity contribution in [3.05, 3.63) is 0 Å². The van der Waals surface area contributed by atoms with E-state index in [9.17, 15) is 0 Å². The molecule has 0 spiro atoms. The zero-order chi connectivity index (χ0) is 12.6. The largest absolute Gasteiger partial charge is 0.330 e. The molecule has 1 unspecified atom stereocenters. The van der Waals surface area contributed by atoms with Gasteiger partial charge in [0.25, 0.3) is 0 Å². The fourth-order valence-electron chi connectivity index (χ4n) is 1.42. The molecule has 0 aliphatic carbocycles. The van der Waals surface area contributed by atoms with Crippen LogP contribution in [0.1, 0.15) is 72.1 Å². The van der Waals surface area contributed by atoms with Gasteiger partial charge in [-0.1, -0.05) is 52.4 Å². The van der Waals surface area contributed by atoms with Crippen LogP contribution in [0.4, 0.5) is 0 Å². The third-order valence-corrected chi connectivity index (χ3v) is 2.79. The standard InChI is InChI=1S/C8H19N.C6H15N/c1-4-5-6-7-8(2)9-3;1-2-3-4-5-6-7/h8-9H,4-7H2,1-3H3;2-7H2,1H3. The summed E-state index contributed by atoms with van der Waals surface area (Å²) < 4.78 is 0. The lowest BCUT2D eigenvalue weighted by molar-refractivity contribution is 0.525. The summed E-state index contributed by atoms with van der Waals surface area (Å²) >= 11 is 0. The van der Waals surface area contributed by atoms with E-state index in [0.29, 0.717) is 6.04 Å². The Morgan fingerprint density at radius 2 is 1.50 bits per heavy atom. The molecule has 0 amide bonds. The van der Waals surface area contributed by atoms with E-state index in [1.165, 1.54) is 51.4 Å². The van der Waals surface area contributed by atoms with Crippen LogP contribution in [0.3, 0.4) is 0 Å². The number of nitrogens with two attached hydrogens (primary N) is 1. The summed E-state index contributed by atoms with van der Waals surface area (Å²) in [5.74, 6) is 0. The molecule has 0 aliphatic rings. The third-order valence-electron chi connectivity index (χ3n) is 2.79. The Morgan fingerprint density at radius 1 is 0.938 bits per heavy atom. The highest BCUT2D eigenvalue weighted by atomic mass is 14.8. The molecular formula is C14H34N2. The van der Waals surface area contributed by atoms with E-state index in [4.69, 9.17) is 5.73 Å². The van der Waals surface area contributed by atoms with Gasteiger partial charge >= 0.3 is 0 Å². The van der Waals surface area contributed by atoms with Crippen LogP contribution in [0.15, 0.2) is 0 Å². The zero-order valence-electron chi connectivity index (χ0n) is 12.0. The first-order valence-corrected chi connectivity index (χ1v) is 7.10. The van der Waals surface area contributed by atoms with Crippen LogP contribution in [-0.2, 0) is 0 Å². The first-order chi connectivity index (χ1) is 7.72. The smallest absolute Gasteiger partial charge is 0.00357 e. The predicted molar refractivity (Wildman–Crippen MR) is 75.9 cm³/mol. The number of nitrogens with one attached hydrogen (secondary N) is 1. The van der Waals surface area contributed by atoms with Crippen LogP contribution >= 0.6 is 0 Å². The molecule has 16 heavy (non-hydrogen) atoms. The Kier molecular flexibility index (Phi) is 19.8. The molecule has 0 aromatic rings. The maximum atomic E-state index is 5.27. The highest BCUT2D eigenvalue weighted by Gasteiger charge is 1.94. The van der Waals surface area contributed by atoms with Gasteiger partial charge in [0.2, 0.25) is 0 Å². The van der Waals surface area contributed by atoms with Crippen molar-refractivity contribution in [1.82, 2.24) is 5.32 Å². The molecule has 0 rings (SSSR count). The van der Waals surface area contributed by atoms with Gasteiger partial charge in [0.1, 0.15) is 0 Å². The average molecular weight is 230 g/mol. The Bertz CT molecular complexity index is 101. The van der Waals surface area contributed by atoms with E-state index in [-0.39, 0.29) is 0 Å². The van der Waals surface area contributed by atoms with Gasteiger partial charge < -0.3 is 11.1 Å². The molecule has 2 heteroatoms. The molecule has 0 heterocycles. The quantitative estimate of drug-likeness (QED) is 0.593. The first kappa shape index (κ1) is 18.3. The summed E-state index contributed by atoms with van der Waals surface area (Å²) in [6, 6.07) is 0.705. The molecule has 0 saturated heterocycles. The van der Waals surface area contributed by atoms with Gasteiger partial charge in [-0.3, -0.25) is 0 Å². The zero-order valence-corrected chi connectivity index (χ0v) is 12.0. The molecule has 1 atom stereocenters. The molecule has 0 fully saturated rings. The Morgan fingerprint density at radius 3 is 1.94 bits per heavy atom. The minimum absolute atomic E-state index is 0.705. The van der Waals surface area contributed by atoms with E-state index in [0.717, 1.165) is 6.54 Å². The summed E-state index contributed by atoms with van der Waals surface area (Å²) in [6.45, 7) is 7.54. The fraction of sp³-hybridized carbons (Fsp3) is 1.00. The molecular weight excluding hydrogens is 196 g/mol. The van der Waals surface area contributed by atoms with Crippen molar-refractivity contribution in [2.24, 2.45) is 5.73 Å². The van der Waals surface area contributed by atoms with Crippen LogP contribution < -0.4 is 11.1 Å². The van der Waals surface area contributed by atoms with E-state index < -0.39 is 0 Å². The molecule has 0 radical (unpaired) electrons. The van der Waals surface area contributed by atoms with Gasteiger partial charge in [0, 0.05) is 6.04 Å². The molecule has 0 aromatic carbocycles. The molecule has 0 aromatic heterocycles. The molecule has 0 bridgehead atoms. The Hall–Kier alpha value is -0.0800. The molecule has 0 aliphatic heterocycles. The van der Waals surface area contributed by atoms with E-state index in [2.05, 4.69) is 26.1 Å². The number of hydrogen-bond acceptors (Lipinski definition) is 2. The van der Waals surface area contributed by atoms with Gasteiger partial charge in [0.05, 0.1) is 0 Å². The van der Waals surface area contributed by atoms with Crippen molar-refractivity contribution in [3.63, 3.8) is 0 Å². The minimum atomic E-state index is 0.705. The second-order valence-electron chi connectivity index (χ2n) is 4.53. The van der Waals surface area contributed by atoms with Gasteiger partial charge in [-0.25, -0.2) is 0 Å². The summed E-state index contributed by atoms with van der Waals surface area (Å²) in [7, 11) is 2.02. The van der Waals surface area contributed by atoms with Crippen LogP contribution in [0.5, 0.6) is 0 Å². The van der Waals surface area contributed by atoms with Gasteiger partial charge in [0.15, 0.2) is 0 Å². The lowest BCUT2D eigenvalue weighted by Crippen LogP contribution is -2.20. The predicted octanol–water partition coefficient (Wildman–Crippen LogP) is 3.70. The van der Waals surface area contributed by atoms with Crippen LogP contribution in [0.25, 0.3) is 0 Å². The maximum absolute atomic E-state index is 5.27. The number of unbranched alkanes of at least 4 members (excludes halogenated alkanes) is 5. The monoisotopic (exact) mass is 230 g/mol. The highest BCUT2D eigenvalue weighted by Crippen LogP contribution is 2.01. The molecule has 3 N–H and O–H groups in total. The first-order valence-electron chi connectivity index (χ1n) is 7.10. The second kappa shape index (κ2) is 17.3. The topological polar surface area (TPSA) is 38.0 Å². The highest BCUT2D eigenvalue weighted by molar-refractivity contribution is 4.55. The number of rotatable bonds is 9. The van der Waals surface area contributed by atoms with Crippen molar-refractivity contribution in [2.45, 2.75) is 78.2 Å². The lowest BCUT2D eigenvalue weighted by Gasteiger charge is -2.07. The average Bonchev–Trinajstić information content (AvgIpc) is 2.31. The van der Waals surface area contributed by atoms with E-state index in [1.54, 1.807) is 0 Å². The number of hydrogen-bond donors (Lipinski definition) is 2. The van der Waals surface area contributed by atoms with Gasteiger partial charge in [-0.2, -0.15) is 0 Å². The summed E-state index contributed by atoms with van der Waals surface area (Å²) in [6.07, 6.45) is 10.6. The van der Waals surface area contributed by atoms with Crippen LogP contribution in [0, 0.1) is 0 Å². The van der Waals surface area contributed by atoms with Gasteiger partial charge in [-0.15, -0.1) is 0 Å². The SMILES string of the molecule is CCCCCC(C)NC.CCCCCCN. The fourth-order valence-corrected chi connectivity index (χ4v) is 1.42. The maximum Gasteiger partial charge on any atom is 0.00357 e. The van der Waals surface area contributed by atoms with Crippen molar-refractivity contribution < 1.29 is 0 Å². The van der Waals surface area contributed by atoms with Crippen LogP contribution in [0.2, 0.25) is 0 Å². The molecule has 0 saturated carbocycles. The van der Waals surface area contributed by atoms with Crippen molar-refractivity contribution in [3.8, 4) is 0 Å². The van der Waals surface area contributed by atoms with E-state index in [1.807, 2.05) is 7.05 Å².